The van der Waals surface area contributed by atoms with Crippen molar-refractivity contribution in [1.29, 1.82) is 0 Å². The highest BCUT2D eigenvalue weighted by atomic mass is 19.1. The van der Waals surface area contributed by atoms with Gasteiger partial charge in [-0.05, 0) is 31.5 Å². The third-order valence-corrected chi connectivity index (χ3v) is 3.07. The molecule has 2 N–H and O–H groups in total. The molecule has 1 aromatic heterocycles. The average molecular weight is 304 g/mol. The molecule has 0 saturated carbocycles. The molecule has 6 nitrogen and oxygen atoms in total. The number of halogens is 1. The van der Waals surface area contributed by atoms with Crippen LogP contribution in [-0.2, 0) is 4.79 Å². The molecule has 0 aliphatic heterocycles. The number of hydrogen-bond acceptors (Lipinski definition) is 5. The van der Waals surface area contributed by atoms with Crippen molar-refractivity contribution in [3.8, 4) is 5.88 Å². The lowest BCUT2D eigenvalue weighted by atomic mass is 10.2. The van der Waals surface area contributed by atoms with Crippen molar-refractivity contribution in [2.24, 2.45) is 0 Å². The topological polar surface area (TPSA) is 76.1 Å². The lowest BCUT2D eigenvalue weighted by Crippen LogP contribution is -2.32. The van der Waals surface area contributed by atoms with Crippen LogP contribution in [0.4, 0.5) is 15.9 Å². The Morgan fingerprint density at radius 2 is 2.09 bits per heavy atom. The number of carbonyl (C=O) groups excluding carboxylic acids is 1. The van der Waals surface area contributed by atoms with Gasteiger partial charge in [0.15, 0.2) is 0 Å². The summed E-state index contributed by atoms with van der Waals surface area (Å²) in [6.45, 7) is 3.47. The number of aromatic nitrogens is 2. The van der Waals surface area contributed by atoms with Crippen LogP contribution in [0.3, 0.4) is 0 Å². The molecule has 0 fully saturated rings. The van der Waals surface area contributed by atoms with Gasteiger partial charge in [-0.25, -0.2) is 14.4 Å². The van der Waals surface area contributed by atoms with E-state index in [1.807, 2.05) is 0 Å². The highest BCUT2D eigenvalue weighted by Gasteiger charge is 2.15. The quantitative estimate of drug-likeness (QED) is 0.887. The maximum atomic E-state index is 13.2. The molecule has 22 heavy (non-hydrogen) atoms. The van der Waals surface area contributed by atoms with E-state index in [0.717, 1.165) is 5.56 Å². The molecule has 0 saturated heterocycles. The van der Waals surface area contributed by atoms with Gasteiger partial charge in [0.05, 0.1) is 7.11 Å². The standard InChI is InChI=1S/C15H17FN4O2/c1-9-4-5-11(16)6-12(9)20-15(21)10(2)19-13-7-14(22-3)18-8-17-13/h4-8,10H,1-3H3,(H,20,21)(H,17,18,19). The highest BCUT2D eigenvalue weighted by molar-refractivity contribution is 5.96. The summed E-state index contributed by atoms with van der Waals surface area (Å²) in [5.41, 5.74) is 1.23. The molecule has 2 rings (SSSR count). The molecule has 1 heterocycles. The van der Waals surface area contributed by atoms with E-state index in [-0.39, 0.29) is 5.91 Å². The third-order valence-electron chi connectivity index (χ3n) is 3.07. The van der Waals surface area contributed by atoms with Crippen LogP contribution in [0.25, 0.3) is 0 Å². The first-order valence-electron chi connectivity index (χ1n) is 6.69. The Morgan fingerprint density at radius 1 is 1.32 bits per heavy atom. The van der Waals surface area contributed by atoms with Gasteiger partial charge in [-0.3, -0.25) is 4.79 Å². The third kappa shape index (κ3) is 3.91. The number of amides is 1. The summed E-state index contributed by atoms with van der Waals surface area (Å²) in [7, 11) is 1.50. The lowest BCUT2D eigenvalue weighted by molar-refractivity contribution is -0.116. The van der Waals surface area contributed by atoms with E-state index < -0.39 is 11.9 Å². The van der Waals surface area contributed by atoms with Crippen LogP contribution in [0.5, 0.6) is 5.88 Å². The van der Waals surface area contributed by atoms with Crippen molar-refractivity contribution in [1.82, 2.24) is 9.97 Å². The van der Waals surface area contributed by atoms with Crippen molar-refractivity contribution in [3.05, 3.63) is 42.0 Å². The second-order valence-corrected chi connectivity index (χ2v) is 4.76. The predicted octanol–water partition coefficient (Wildman–Crippen LogP) is 2.37. The molecule has 7 heteroatoms. The smallest absolute Gasteiger partial charge is 0.246 e. The predicted molar refractivity (Wildman–Crippen MR) is 81.4 cm³/mol. The van der Waals surface area contributed by atoms with Crippen LogP contribution < -0.4 is 15.4 Å². The fourth-order valence-electron chi connectivity index (χ4n) is 1.79. The first-order chi connectivity index (χ1) is 10.5. The molecular formula is C15H17FN4O2. The van der Waals surface area contributed by atoms with Gasteiger partial charge in [0.25, 0.3) is 0 Å². The molecule has 0 bridgehead atoms. The first kappa shape index (κ1) is 15.7. The highest BCUT2D eigenvalue weighted by Crippen LogP contribution is 2.17. The molecular weight excluding hydrogens is 287 g/mol. The summed E-state index contributed by atoms with van der Waals surface area (Å²) in [6, 6.07) is 5.26. The van der Waals surface area contributed by atoms with Gasteiger partial charge in [-0.15, -0.1) is 0 Å². The zero-order valence-corrected chi connectivity index (χ0v) is 12.6. The summed E-state index contributed by atoms with van der Waals surface area (Å²) in [5.74, 6) is 0.157. The maximum Gasteiger partial charge on any atom is 0.246 e. The van der Waals surface area contributed by atoms with E-state index in [9.17, 15) is 9.18 Å². The number of carbonyl (C=O) groups is 1. The van der Waals surface area contributed by atoms with Crippen LogP contribution in [0.2, 0.25) is 0 Å². The number of ether oxygens (including phenoxy) is 1. The molecule has 116 valence electrons. The Hall–Kier alpha value is -2.70. The molecule has 0 aliphatic rings. The van der Waals surface area contributed by atoms with Crippen LogP contribution in [-0.4, -0.2) is 29.0 Å². The number of methoxy groups -OCH3 is 1. The Labute approximate surface area is 127 Å². The lowest BCUT2D eigenvalue weighted by Gasteiger charge is -2.16. The van der Waals surface area contributed by atoms with Gasteiger partial charge in [0.2, 0.25) is 11.8 Å². The zero-order valence-electron chi connectivity index (χ0n) is 12.6. The second kappa shape index (κ2) is 6.84. The molecule has 1 amide bonds. The van der Waals surface area contributed by atoms with E-state index in [1.54, 1.807) is 26.0 Å². The summed E-state index contributed by atoms with van der Waals surface area (Å²) in [6.07, 6.45) is 1.34. The molecule has 1 aromatic carbocycles. The number of benzene rings is 1. The molecule has 0 spiro atoms. The molecule has 2 aromatic rings. The fourth-order valence-corrected chi connectivity index (χ4v) is 1.79. The van der Waals surface area contributed by atoms with E-state index in [1.165, 1.54) is 25.6 Å². The fraction of sp³-hybridized carbons (Fsp3) is 0.267. The number of rotatable bonds is 5. The van der Waals surface area contributed by atoms with Crippen LogP contribution >= 0.6 is 0 Å². The van der Waals surface area contributed by atoms with E-state index in [4.69, 9.17) is 4.74 Å². The zero-order chi connectivity index (χ0) is 16.1. The van der Waals surface area contributed by atoms with Gasteiger partial charge in [0, 0.05) is 11.8 Å². The number of nitrogens with one attached hydrogen (secondary N) is 2. The van der Waals surface area contributed by atoms with Gasteiger partial charge < -0.3 is 15.4 Å². The summed E-state index contributed by atoms with van der Waals surface area (Å²) in [5, 5.41) is 5.62. The number of hydrogen-bond donors (Lipinski definition) is 2. The number of anilines is 2. The average Bonchev–Trinajstić information content (AvgIpc) is 2.51. The number of nitrogens with zero attached hydrogens (tertiary/aromatic N) is 2. The van der Waals surface area contributed by atoms with Crippen molar-refractivity contribution in [3.63, 3.8) is 0 Å². The Kier molecular flexibility index (Phi) is 4.88. The van der Waals surface area contributed by atoms with Crippen molar-refractivity contribution in [2.75, 3.05) is 17.7 Å². The summed E-state index contributed by atoms with van der Waals surface area (Å²) < 4.78 is 18.2. The van der Waals surface area contributed by atoms with E-state index >= 15 is 0 Å². The van der Waals surface area contributed by atoms with Gasteiger partial charge in [-0.2, -0.15) is 0 Å². The summed E-state index contributed by atoms with van der Waals surface area (Å²) >= 11 is 0. The SMILES string of the molecule is COc1cc(NC(C)C(=O)Nc2cc(F)ccc2C)ncn1. The van der Waals surface area contributed by atoms with Crippen molar-refractivity contribution in [2.45, 2.75) is 19.9 Å². The van der Waals surface area contributed by atoms with Crippen LogP contribution in [0.15, 0.2) is 30.6 Å². The molecule has 1 unspecified atom stereocenters. The van der Waals surface area contributed by atoms with E-state index in [0.29, 0.717) is 17.4 Å². The summed E-state index contributed by atoms with van der Waals surface area (Å²) in [4.78, 5) is 20.1. The monoisotopic (exact) mass is 304 g/mol. The van der Waals surface area contributed by atoms with Crippen molar-refractivity contribution < 1.29 is 13.9 Å². The molecule has 0 aliphatic carbocycles. The Morgan fingerprint density at radius 3 is 2.82 bits per heavy atom. The Bertz CT molecular complexity index is 678. The second-order valence-electron chi connectivity index (χ2n) is 4.76. The van der Waals surface area contributed by atoms with Crippen LogP contribution in [0, 0.1) is 12.7 Å². The molecule has 1 atom stereocenters. The minimum Gasteiger partial charge on any atom is -0.481 e. The maximum absolute atomic E-state index is 13.2. The minimum atomic E-state index is -0.567. The van der Waals surface area contributed by atoms with Crippen LogP contribution in [0.1, 0.15) is 12.5 Å². The number of aryl methyl sites for hydroxylation is 1. The van der Waals surface area contributed by atoms with Gasteiger partial charge in [-0.1, -0.05) is 6.07 Å². The largest absolute Gasteiger partial charge is 0.481 e. The molecule has 0 radical (unpaired) electrons. The van der Waals surface area contributed by atoms with Crippen molar-refractivity contribution >= 4 is 17.4 Å². The van der Waals surface area contributed by atoms with Gasteiger partial charge in [0.1, 0.15) is 24.0 Å². The van der Waals surface area contributed by atoms with E-state index in [2.05, 4.69) is 20.6 Å². The normalized spacial score (nSPS) is 11.6. The first-order valence-corrected chi connectivity index (χ1v) is 6.69. The minimum absolute atomic E-state index is 0.300. The van der Waals surface area contributed by atoms with Gasteiger partial charge >= 0.3 is 0 Å². The Balaban J connectivity index is 2.04.